The number of hydrogen-bond acceptors (Lipinski definition) is 6. The molecule has 0 aromatic heterocycles. The largest absolute Gasteiger partial charge is 0.496 e. The number of rotatable bonds is 7. The Balaban J connectivity index is 2.69. The molecule has 1 rings (SSSR count). The van der Waals surface area contributed by atoms with E-state index >= 15 is 0 Å². The van der Waals surface area contributed by atoms with Gasteiger partial charge in [0.2, 0.25) is 0 Å². The summed E-state index contributed by atoms with van der Waals surface area (Å²) in [6.45, 7) is 1.58. The lowest BCUT2D eigenvalue weighted by molar-refractivity contribution is 0.0527. The number of anilines is 1. The van der Waals surface area contributed by atoms with Gasteiger partial charge in [-0.2, -0.15) is 0 Å². The van der Waals surface area contributed by atoms with Crippen LogP contribution in [0, 0.1) is 0 Å². The SMILES string of the molecule is CCCS(=O)(=O)CCOC(=O)c1c(N)cccc1OC. The number of nitrogen functional groups attached to an aromatic ring is 1. The van der Waals surface area contributed by atoms with Gasteiger partial charge in [0.25, 0.3) is 0 Å². The van der Waals surface area contributed by atoms with Gasteiger partial charge in [0.15, 0.2) is 9.84 Å². The first-order valence-electron chi connectivity index (χ1n) is 6.21. The molecular formula is C13H19NO5S. The monoisotopic (exact) mass is 301 g/mol. The molecule has 0 spiro atoms. The quantitative estimate of drug-likeness (QED) is 0.601. The van der Waals surface area contributed by atoms with Crippen LogP contribution in [0.1, 0.15) is 23.7 Å². The Morgan fingerprint density at radius 3 is 2.60 bits per heavy atom. The molecule has 0 aliphatic carbocycles. The minimum absolute atomic E-state index is 0.0847. The molecule has 0 saturated heterocycles. The second-order valence-corrected chi connectivity index (χ2v) is 6.52. The van der Waals surface area contributed by atoms with Gasteiger partial charge in [-0.15, -0.1) is 0 Å². The lowest BCUT2D eigenvalue weighted by Gasteiger charge is -2.11. The summed E-state index contributed by atoms with van der Waals surface area (Å²) in [5.74, 6) is -0.499. The Morgan fingerprint density at radius 1 is 1.30 bits per heavy atom. The Hall–Kier alpha value is -1.76. The number of ether oxygens (including phenoxy) is 2. The van der Waals surface area contributed by atoms with Gasteiger partial charge >= 0.3 is 5.97 Å². The molecule has 1 aromatic carbocycles. The van der Waals surface area contributed by atoms with E-state index in [-0.39, 0.29) is 29.4 Å². The van der Waals surface area contributed by atoms with Gasteiger partial charge in [-0.3, -0.25) is 0 Å². The Kier molecular flexibility index (Phi) is 5.82. The number of carbonyl (C=O) groups excluding carboxylic acids is 1. The third-order valence-corrected chi connectivity index (χ3v) is 4.44. The van der Waals surface area contributed by atoms with E-state index in [2.05, 4.69) is 0 Å². The first-order valence-corrected chi connectivity index (χ1v) is 8.03. The van der Waals surface area contributed by atoms with Gasteiger partial charge in [0.1, 0.15) is 17.9 Å². The first-order chi connectivity index (χ1) is 9.41. The van der Waals surface area contributed by atoms with Gasteiger partial charge in [-0.25, -0.2) is 13.2 Å². The van der Waals surface area contributed by atoms with E-state index in [0.717, 1.165) is 0 Å². The molecule has 0 amide bonds. The van der Waals surface area contributed by atoms with Crippen LogP contribution in [0.3, 0.4) is 0 Å². The molecule has 0 bridgehead atoms. The van der Waals surface area contributed by atoms with E-state index in [1.54, 1.807) is 25.1 Å². The summed E-state index contributed by atoms with van der Waals surface area (Å²) in [5, 5.41) is 0. The number of sulfone groups is 1. The van der Waals surface area contributed by atoms with Crippen molar-refractivity contribution in [1.29, 1.82) is 0 Å². The normalized spacial score (nSPS) is 11.1. The maximum absolute atomic E-state index is 11.9. The molecule has 0 aliphatic rings. The minimum atomic E-state index is -3.18. The minimum Gasteiger partial charge on any atom is -0.496 e. The predicted octanol–water partition coefficient (Wildman–Crippen LogP) is 1.26. The molecule has 0 radical (unpaired) electrons. The Bertz CT molecular complexity index is 568. The Labute approximate surface area is 118 Å². The summed E-state index contributed by atoms with van der Waals surface area (Å²) in [4.78, 5) is 11.9. The van der Waals surface area contributed by atoms with Crippen molar-refractivity contribution in [1.82, 2.24) is 0 Å². The number of nitrogens with two attached hydrogens (primary N) is 1. The molecule has 0 fully saturated rings. The second kappa shape index (κ2) is 7.14. The van der Waals surface area contributed by atoms with Gasteiger partial charge in [0.05, 0.1) is 18.6 Å². The zero-order chi connectivity index (χ0) is 15.2. The second-order valence-electron chi connectivity index (χ2n) is 4.21. The fraction of sp³-hybridized carbons (Fsp3) is 0.462. The third-order valence-electron chi connectivity index (χ3n) is 2.63. The lowest BCUT2D eigenvalue weighted by Crippen LogP contribution is -2.18. The molecule has 0 atom stereocenters. The highest BCUT2D eigenvalue weighted by molar-refractivity contribution is 7.91. The molecule has 0 heterocycles. The summed E-state index contributed by atoms with van der Waals surface area (Å²) >= 11 is 0. The lowest BCUT2D eigenvalue weighted by atomic mass is 10.1. The average Bonchev–Trinajstić information content (AvgIpc) is 2.37. The van der Waals surface area contributed by atoms with Crippen molar-refractivity contribution in [2.45, 2.75) is 13.3 Å². The van der Waals surface area contributed by atoms with Gasteiger partial charge in [-0.1, -0.05) is 13.0 Å². The highest BCUT2D eigenvalue weighted by Crippen LogP contribution is 2.24. The van der Waals surface area contributed by atoms with Crippen LogP contribution in [-0.4, -0.2) is 39.6 Å². The number of benzene rings is 1. The molecule has 0 saturated carbocycles. The predicted molar refractivity (Wildman–Crippen MR) is 76.6 cm³/mol. The first kappa shape index (κ1) is 16.3. The number of esters is 1. The van der Waals surface area contributed by atoms with E-state index in [1.807, 2.05) is 0 Å². The molecule has 112 valence electrons. The maximum atomic E-state index is 11.9. The molecule has 2 N–H and O–H groups in total. The van der Waals surface area contributed by atoms with Crippen LogP contribution >= 0.6 is 0 Å². The topological polar surface area (TPSA) is 95.7 Å². The van der Waals surface area contributed by atoms with Gasteiger partial charge in [0, 0.05) is 5.69 Å². The highest BCUT2D eigenvalue weighted by atomic mass is 32.2. The number of carbonyl (C=O) groups is 1. The zero-order valence-electron chi connectivity index (χ0n) is 11.6. The van der Waals surface area contributed by atoms with Crippen molar-refractivity contribution in [2.24, 2.45) is 0 Å². The number of methoxy groups -OCH3 is 1. The van der Waals surface area contributed by atoms with Crippen molar-refractivity contribution in [3.8, 4) is 5.75 Å². The van der Waals surface area contributed by atoms with Crippen molar-refractivity contribution >= 4 is 21.5 Å². The summed E-state index contributed by atoms with van der Waals surface area (Å²) < 4.78 is 33.0. The molecule has 1 aromatic rings. The molecule has 7 heteroatoms. The van der Waals surface area contributed by atoms with Crippen LogP contribution in [0.2, 0.25) is 0 Å². The van der Waals surface area contributed by atoms with E-state index in [9.17, 15) is 13.2 Å². The maximum Gasteiger partial charge on any atom is 0.344 e. The third kappa shape index (κ3) is 4.41. The number of hydrogen-bond donors (Lipinski definition) is 1. The van der Waals surface area contributed by atoms with Crippen LogP contribution in [0.5, 0.6) is 5.75 Å². The Morgan fingerprint density at radius 2 is 2.00 bits per heavy atom. The van der Waals surface area contributed by atoms with Crippen LogP contribution in [0.25, 0.3) is 0 Å². The van der Waals surface area contributed by atoms with E-state index in [4.69, 9.17) is 15.2 Å². The van der Waals surface area contributed by atoms with Gasteiger partial charge < -0.3 is 15.2 Å². The molecule has 6 nitrogen and oxygen atoms in total. The fourth-order valence-electron chi connectivity index (χ4n) is 1.68. The molecular weight excluding hydrogens is 282 g/mol. The summed E-state index contributed by atoms with van der Waals surface area (Å²) in [5.41, 5.74) is 6.05. The molecule has 0 aliphatic heterocycles. The van der Waals surface area contributed by atoms with E-state index in [1.165, 1.54) is 7.11 Å². The zero-order valence-corrected chi connectivity index (χ0v) is 12.4. The average molecular weight is 301 g/mol. The smallest absolute Gasteiger partial charge is 0.344 e. The summed E-state index contributed by atoms with van der Waals surface area (Å²) in [6, 6.07) is 4.78. The van der Waals surface area contributed by atoms with Gasteiger partial charge in [-0.05, 0) is 18.6 Å². The van der Waals surface area contributed by atoms with Crippen molar-refractivity contribution in [2.75, 3.05) is 31.0 Å². The fourth-order valence-corrected chi connectivity index (χ4v) is 2.85. The molecule has 20 heavy (non-hydrogen) atoms. The summed E-state index contributed by atoms with van der Waals surface area (Å²) in [7, 11) is -1.76. The van der Waals surface area contributed by atoms with Crippen LogP contribution in [0.4, 0.5) is 5.69 Å². The van der Waals surface area contributed by atoms with Crippen LogP contribution in [0.15, 0.2) is 18.2 Å². The van der Waals surface area contributed by atoms with Crippen molar-refractivity contribution in [3.63, 3.8) is 0 Å². The molecule has 0 unspecified atom stereocenters. The highest BCUT2D eigenvalue weighted by Gasteiger charge is 2.18. The van der Waals surface area contributed by atoms with Crippen molar-refractivity contribution in [3.05, 3.63) is 23.8 Å². The van der Waals surface area contributed by atoms with E-state index in [0.29, 0.717) is 12.2 Å². The van der Waals surface area contributed by atoms with Crippen LogP contribution in [-0.2, 0) is 14.6 Å². The van der Waals surface area contributed by atoms with Crippen LogP contribution < -0.4 is 10.5 Å². The summed E-state index contributed by atoms with van der Waals surface area (Å²) in [6.07, 6.45) is 0.537. The van der Waals surface area contributed by atoms with E-state index < -0.39 is 15.8 Å². The standard InChI is InChI=1S/C13H19NO5S/c1-3-8-20(16,17)9-7-19-13(15)12-10(14)5-4-6-11(12)18-2/h4-6H,3,7-9,14H2,1-2H3. The van der Waals surface area contributed by atoms with Crippen molar-refractivity contribution < 1.29 is 22.7 Å².